The molecule has 6 nitrogen and oxygen atoms in total. The first-order valence-corrected chi connectivity index (χ1v) is 15.4. The molecule has 1 aliphatic rings. The fourth-order valence-corrected chi connectivity index (χ4v) is 9.86. The van der Waals surface area contributed by atoms with E-state index in [1.807, 2.05) is 42.5 Å². The fourth-order valence-electron chi connectivity index (χ4n) is 5.30. The van der Waals surface area contributed by atoms with E-state index < -0.39 is 26.1 Å². The highest BCUT2D eigenvalue weighted by atomic mass is 28.4. The first kappa shape index (κ1) is 28.6. The van der Waals surface area contributed by atoms with Gasteiger partial charge >= 0.3 is 6.09 Å². The highest BCUT2D eigenvalue weighted by Crippen LogP contribution is 2.38. The second-order valence-electron chi connectivity index (χ2n) is 12.1. The van der Waals surface area contributed by atoms with E-state index in [0.717, 1.165) is 5.56 Å². The van der Waals surface area contributed by atoms with Gasteiger partial charge in [0, 0.05) is 0 Å². The van der Waals surface area contributed by atoms with Crippen molar-refractivity contribution >= 4 is 30.7 Å². The van der Waals surface area contributed by atoms with Gasteiger partial charge in [-0.05, 0) is 41.7 Å². The van der Waals surface area contributed by atoms with E-state index in [4.69, 9.17) is 9.16 Å². The van der Waals surface area contributed by atoms with Gasteiger partial charge in [0.2, 0.25) is 5.91 Å². The lowest BCUT2D eigenvalue weighted by Gasteiger charge is -2.47. The smallest absolute Gasteiger partial charge is 0.408 e. The van der Waals surface area contributed by atoms with Crippen LogP contribution in [0.5, 0.6) is 0 Å². The van der Waals surface area contributed by atoms with Crippen LogP contribution in [0.15, 0.2) is 91.0 Å². The highest BCUT2D eigenvalue weighted by Gasteiger charge is 2.51. The quantitative estimate of drug-likeness (QED) is 0.319. The van der Waals surface area contributed by atoms with Crippen LogP contribution >= 0.6 is 0 Å². The molecule has 1 saturated heterocycles. The standard InChI is InChI=1S/C32H40N2O4Si/c1-31(2,3)38-30(36)33-27-22-34(29(27)35)28(24-16-10-7-11-17-24)23-37-39(32(4,5)6,25-18-12-8-13-19-25)26-20-14-9-15-21-26/h7-21,27-28H,22-23H2,1-6H3,(H,33,36)/t27-,28+/m0/s1. The van der Waals surface area contributed by atoms with E-state index in [0.29, 0.717) is 13.2 Å². The number of carbonyl (C=O) groups excluding carboxylic acids is 2. The minimum atomic E-state index is -2.80. The second-order valence-corrected chi connectivity index (χ2v) is 16.4. The van der Waals surface area contributed by atoms with Crippen LogP contribution < -0.4 is 15.7 Å². The number of benzene rings is 3. The van der Waals surface area contributed by atoms with Crippen molar-refractivity contribution < 1.29 is 18.8 Å². The van der Waals surface area contributed by atoms with Crippen molar-refractivity contribution in [3.8, 4) is 0 Å². The maximum absolute atomic E-state index is 13.4. The molecule has 1 fully saturated rings. The molecule has 1 N–H and O–H groups in total. The van der Waals surface area contributed by atoms with Gasteiger partial charge < -0.3 is 19.4 Å². The SMILES string of the molecule is CC(C)(C)OC(=O)N[C@H]1CN([C@H](CO[Si](c2ccccc2)(c2ccccc2)C(C)(C)C)c2ccccc2)C1=O. The number of likely N-dealkylation sites (tertiary alicyclic amines) is 1. The molecule has 7 heteroatoms. The molecule has 0 radical (unpaired) electrons. The Bertz CT molecular complexity index is 1210. The van der Waals surface area contributed by atoms with Gasteiger partial charge in [-0.15, -0.1) is 0 Å². The van der Waals surface area contributed by atoms with Crippen molar-refractivity contribution in [2.45, 2.75) is 64.3 Å². The number of ether oxygens (including phenoxy) is 1. The molecule has 3 aromatic carbocycles. The van der Waals surface area contributed by atoms with Gasteiger partial charge in [-0.25, -0.2) is 4.79 Å². The summed E-state index contributed by atoms with van der Waals surface area (Å²) in [7, 11) is -2.80. The van der Waals surface area contributed by atoms with Gasteiger partial charge in [0.05, 0.1) is 19.2 Å². The van der Waals surface area contributed by atoms with Crippen molar-refractivity contribution in [2.75, 3.05) is 13.2 Å². The topological polar surface area (TPSA) is 67.9 Å². The molecule has 2 atom stereocenters. The maximum Gasteiger partial charge on any atom is 0.408 e. The van der Waals surface area contributed by atoms with Crippen LogP contribution in [0.4, 0.5) is 4.79 Å². The maximum atomic E-state index is 13.4. The van der Waals surface area contributed by atoms with Gasteiger partial charge in [0.1, 0.15) is 11.6 Å². The first-order valence-electron chi connectivity index (χ1n) is 13.5. The molecule has 0 unspecified atom stereocenters. The average Bonchev–Trinajstić information content (AvgIpc) is 2.89. The molecular weight excluding hydrogens is 504 g/mol. The largest absolute Gasteiger partial charge is 0.444 e. The predicted octanol–water partition coefficient (Wildman–Crippen LogP) is 5.04. The number of hydrogen-bond donors (Lipinski definition) is 1. The average molecular weight is 545 g/mol. The van der Waals surface area contributed by atoms with E-state index in [9.17, 15) is 9.59 Å². The van der Waals surface area contributed by atoms with Gasteiger partial charge in [0.25, 0.3) is 8.32 Å². The number of hydrogen-bond acceptors (Lipinski definition) is 4. The molecule has 0 saturated carbocycles. The lowest BCUT2D eigenvalue weighted by Crippen LogP contribution is -2.68. The minimum Gasteiger partial charge on any atom is -0.444 e. The predicted molar refractivity (Wildman–Crippen MR) is 158 cm³/mol. The lowest BCUT2D eigenvalue weighted by molar-refractivity contribution is -0.148. The van der Waals surface area contributed by atoms with Gasteiger partial charge in [-0.1, -0.05) is 112 Å². The summed E-state index contributed by atoms with van der Waals surface area (Å²) in [5, 5.41) is 4.92. The Kier molecular flexibility index (Phi) is 8.33. The van der Waals surface area contributed by atoms with Crippen LogP contribution in [0.1, 0.15) is 53.1 Å². The number of amides is 2. The number of carbonyl (C=O) groups is 2. The third kappa shape index (κ3) is 6.26. The van der Waals surface area contributed by atoms with E-state index in [-0.39, 0.29) is 17.0 Å². The molecule has 2 amide bonds. The summed E-state index contributed by atoms with van der Waals surface area (Å²) >= 11 is 0. The van der Waals surface area contributed by atoms with Crippen molar-refractivity contribution in [3.05, 3.63) is 96.6 Å². The van der Waals surface area contributed by atoms with Crippen molar-refractivity contribution in [1.29, 1.82) is 0 Å². The van der Waals surface area contributed by atoms with Crippen LogP contribution in [0.3, 0.4) is 0 Å². The summed E-state index contributed by atoms with van der Waals surface area (Å²) in [5.41, 5.74) is 0.367. The summed E-state index contributed by atoms with van der Waals surface area (Å²) in [6, 6.07) is 30.0. The zero-order chi connectivity index (χ0) is 28.3. The Morgan fingerprint density at radius 1 is 0.872 bits per heavy atom. The minimum absolute atomic E-state index is 0.138. The van der Waals surface area contributed by atoms with Gasteiger partial charge in [-0.2, -0.15) is 0 Å². The normalized spacial score (nSPS) is 16.8. The molecule has 206 valence electrons. The zero-order valence-electron chi connectivity index (χ0n) is 23.8. The number of rotatable bonds is 8. The van der Waals surface area contributed by atoms with Crippen molar-refractivity contribution in [2.24, 2.45) is 0 Å². The van der Waals surface area contributed by atoms with Gasteiger partial charge in [0.15, 0.2) is 0 Å². The van der Waals surface area contributed by atoms with Crippen LogP contribution in [0.2, 0.25) is 5.04 Å². The molecule has 0 spiro atoms. The fraction of sp³-hybridized carbons (Fsp3) is 0.375. The number of alkyl carbamates (subject to hydrolysis) is 1. The highest BCUT2D eigenvalue weighted by molar-refractivity contribution is 6.99. The van der Waals surface area contributed by atoms with Gasteiger partial charge in [-0.3, -0.25) is 4.79 Å². The summed E-state index contributed by atoms with van der Waals surface area (Å²) in [5.74, 6) is -0.138. The van der Waals surface area contributed by atoms with E-state index in [2.05, 4.69) is 74.6 Å². The molecule has 1 heterocycles. The summed E-state index contributed by atoms with van der Waals surface area (Å²) < 4.78 is 12.6. The number of β-lactam (4-membered cyclic amide) rings is 1. The van der Waals surface area contributed by atoms with Crippen molar-refractivity contribution in [1.82, 2.24) is 10.2 Å². The molecule has 3 aromatic rings. The molecule has 4 rings (SSSR count). The Hall–Kier alpha value is -3.42. The number of nitrogens with one attached hydrogen (secondary N) is 1. The van der Waals surface area contributed by atoms with Crippen LogP contribution in [-0.2, 0) is 14.0 Å². The molecule has 1 aliphatic heterocycles. The molecule has 0 aromatic heterocycles. The van der Waals surface area contributed by atoms with E-state index in [1.54, 1.807) is 25.7 Å². The Morgan fingerprint density at radius 3 is 1.79 bits per heavy atom. The zero-order valence-corrected chi connectivity index (χ0v) is 24.8. The summed E-state index contributed by atoms with van der Waals surface area (Å²) in [4.78, 5) is 27.5. The molecule has 39 heavy (non-hydrogen) atoms. The van der Waals surface area contributed by atoms with Crippen molar-refractivity contribution in [3.63, 3.8) is 0 Å². The van der Waals surface area contributed by atoms with Crippen LogP contribution in [0.25, 0.3) is 0 Å². The Morgan fingerprint density at radius 2 is 1.36 bits per heavy atom. The monoisotopic (exact) mass is 544 g/mol. The molecule has 0 bridgehead atoms. The summed E-state index contributed by atoms with van der Waals surface area (Å²) in [6.45, 7) is 12.9. The Balaban J connectivity index is 1.65. The summed E-state index contributed by atoms with van der Waals surface area (Å²) in [6.07, 6.45) is -0.583. The van der Waals surface area contributed by atoms with E-state index >= 15 is 0 Å². The van der Waals surface area contributed by atoms with Crippen LogP contribution in [0, 0.1) is 0 Å². The lowest BCUT2D eigenvalue weighted by atomic mass is 9.99. The third-order valence-corrected chi connectivity index (χ3v) is 12.1. The second kappa shape index (κ2) is 11.4. The Labute approximate surface area is 233 Å². The van der Waals surface area contributed by atoms with E-state index in [1.165, 1.54) is 10.4 Å². The number of nitrogens with zero attached hydrogens (tertiary/aromatic N) is 1. The first-order chi connectivity index (χ1) is 18.4. The van der Waals surface area contributed by atoms with Crippen LogP contribution in [-0.4, -0.2) is 50.0 Å². The third-order valence-electron chi connectivity index (χ3n) is 7.09. The molecule has 0 aliphatic carbocycles. The molecular formula is C32H40N2O4Si.